The molecule has 0 spiro atoms. The van der Waals surface area contributed by atoms with Gasteiger partial charge in [-0.1, -0.05) is 15.9 Å². The maximum absolute atomic E-state index is 13.9. The minimum Gasteiger partial charge on any atom is -0.377 e. The summed E-state index contributed by atoms with van der Waals surface area (Å²) in [6.07, 6.45) is 0. The minimum absolute atomic E-state index is 0.306. The summed E-state index contributed by atoms with van der Waals surface area (Å²) in [6, 6.07) is 7.77. The topological polar surface area (TPSA) is 12.0 Å². The summed E-state index contributed by atoms with van der Waals surface area (Å²) in [5, 5.41) is 3.17. The molecule has 0 saturated heterocycles. The van der Waals surface area contributed by atoms with Gasteiger partial charge in [0.25, 0.3) is 0 Å². The molecule has 20 heavy (non-hydrogen) atoms. The second kappa shape index (κ2) is 6.22. The van der Waals surface area contributed by atoms with Crippen LogP contribution < -0.4 is 5.32 Å². The van der Waals surface area contributed by atoms with Crippen LogP contribution in [0.15, 0.2) is 39.3 Å². The van der Waals surface area contributed by atoms with Crippen LogP contribution in [-0.4, -0.2) is 0 Å². The summed E-state index contributed by atoms with van der Waals surface area (Å²) in [5.41, 5.74) is 1.43. The Morgan fingerprint density at radius 3 is 2.45 bits per heavy atom. The van der Waals surface area contributed by atoms with Crippen LogP contribution in [0.3, 0.4) is 0 Å². The van der Waals surface area contributed by atoms with E-state index >= 15 is 0 Å². The zero-order valence-corrected chi connectivity index (χ0v) is 14.1. The highest BCUT2D eigenvalue weighted by Crippen LogP contribution is 2.30. The summed E-state index contributed by atoms with van der Waals surface area (Å²) >= 11 is 6.81. The van der Waals surface area contributed by atoms with E-state index in [9.17, 15) is 8.78 Å². The first-order valence-corrected chi connectivity index (χ1v) is 7.64. The van der Waals surface area contributed by atoms with Gasteiger partial charge in [-0.05, 0) is 65.7 Å². The molecule has 0 heterocycles. The van der Waals surface area contributed by atoms with E-state index in [-0.39, 0.29) is 6.04 Å². The van der Waals surface area contributed by atoms with Crippen LogP contribution in [0.1, 0.15) is 24.1 Å². The predicted molar refractivity (Wildman–Crippen MR) is 85.0 cm³/mol. The molecule has 0 bridgehead atoms. The normalized spacial score (nSPS) is 12.3. The van der Waals surface area contributed by atoms with Gasteiger partial charge in [-0.2, -0.15) is 0 Å². The predicted octanol–water partition coefficient (Wildman–Crippen LogP) is 5.97. The maximum Gasteiger partial charge on any atom is 0.128 e. The van der Waals surface area contributed by atoms with Crippen LogP contribution in [0.2, 0.25) is 0 Å². The van der Waals surface area contributed by atoms with Crippen LogP contribution in [0.5, 0.6) is 0 Å². The number of hydrogen-bond acceptors (Lipinski definition) is 1. The Balaban J connectivity index is 2.30. The summed E-state index contributed by atoms with van der Waals surface area (Å²) in [6.45, 7) is 3.34. The lowest BCUT2D eigenvalue weighted by Gasteiger charge is -2.18. The van der Waals surface area contributed by atoms with Crippen molar-refractivity contribution in [2.45, 2.75) is 19.9 Å². The highest BCUT2D eigenvalue weighted by Gasteiger charge is 2.15. The van der Waals surface area contributed by atoms with Crippen molar-refractivity contribution in [2.24, 2.45) is 0 Å². The molecule has 0 aromatic heterocycles. The van der Waals surface area contributed by atoms with E-state index in [2.05, 4.69) is 37.2 Å². The zero-order valence-electron chi connectivity index (χ0n) is 11.0. The van der Waals surface area contributed by atoms with E-state index in [1.54, 1.807) is 13.8 Å². The molecule has 5 heteroatoms. The molecule has 0 radical (unpaired) electrons. The number of benzene rings is 2. The monoisotopic (exact) mass is 403 g/mol. The van der Waals surface area contributed by atoms with Crippen molar-refractivity contribution in [2.75, 3.05) is 5.32 Å². The van der Waals surface area contributed by atoms with Crippen LogP contribution in [0.4, 0.5) is 14.5 Å². The summed E-state index contributed by atoms with van der Waals surface area (Å²) in [7, 11) is 0. The number of aryl methyl sites for hydroxylation is 1. The summed E-state index contributed by atoms with van der Waals surface area (Å²) < 4.78 is 29.3. The third-order valence-corrected chi connectivity index (χ3v) is 4.23. The zero-order chi connectivity index (χ0) is 14.9. The molecule has 1 unspecified atom stereocenters. The van der Waals surface area contributed by atoms with Gasteiger partial charge in [0.05, 0.1) is 11.7 Å². The molecule has 2 rings (SSSR count). The van der Waals surface area contributed by atoms with Gasteiger partial charge in [-0.25, -0.2) is 8.78 Å². The average Bonchev–Trinajstić information content (AvgIpc) is 2.38. The third-order valence-electron chi connectivity index (χ3n) is 3.04. The Kier molecular flexibility index (Phi) is 4.81. The first-order chi connectivity index (χ1) is 9.38. The van der Waals surface area contributed by atoms with Crippen molar-refractivity contribution in [3.05, 3.63) is 62.0 Å². The van der Waals surface area contributed by atoms with Crippen molar-refractivity contribution in [1.29, 1.82) is 0 Å². The number of hydrogen-bond donors (Lipinski definition) is 1. The first-order valence-electron chi connectivity index (χ1n) is 6.05. The van der Waals surface area contributed by atoms with Gasteiger partial charge in [0.15, 0.2) is 0 Å². The SMILES string of the molecule is Cc1cc(F)c(C(C)Nc2cc(Br)ccc2Br)cc1F. The van der Waals surface area contributed by atoms with Gasteiger partial charge < -0.3 is 5.32 Å². The highest BCUT2D eigenvalue weighted by atomic mass is 79.9. The fourth-order valence-corrected chi connectivity index (χ4v) is 2.63. The minimum atomic E-state index is -0.407. The van der Waals surface area contributed by atoms with E-state index in [0.29, 0.717) is 11.1 Å². The van der Waals surface area contributed by atoms with Gasteiger partial charge in [0.2, 0.25) is 0 Å². The van der Waals surface area contributed by atoms with Crippen LogP contribution in [0, 0.1) is 18.6 Å². The lowest BCUT2D eigenvalue weighted by atomic mass is 10.0. The van der Waals surface area contributed by atoms with Crippen LogP contribution in [0.25, 0.3) is 0 Å². The van der Waals surface area contributed by atoms with Crippen molar-refractivity contribution in [3.8, 4) is 0 Å². The Bertz CT molecular complexity index is 644. The van der Waals surface area contributed by atoms with Crippen molar-refractivity contribution < 1.29 is 8.78 Å². The first kappa shape index (κ1) is 15.4. The van der Waals surface area contributed by atoms with Crippen molar-refractivity contribution >= 4 is 37.5 Å². The van der Waals surface area contributed by atoms with Crippen molar-refractivity contribution in [1.82, 2.24) is 0 Å². The van der Waals surface area contributed by atoms with Gasteiger partial charge >= 0.3 is 0 Å². The van der Waals surface area contributed by atoms with Gasteiger partial charge in [-0.15, -0.1) is 0 Å². The molecule has 0 aliphatic heterocycles. The Labute approximate surface area is 133 Å². The summed E-state index contributed by atoms with van der Waals surface area (Å²) in [4.78, 5) is 0. The fraction of sp³-hybridized carbons (Fsp3) is 0.200. The molecule has 1 atom stereocenters. The molecule has 0 aliphatic rings. The summed E-state index contributed by atoms with van der Waals surface area (Å²) in [5.74, 6) is -0.807. The van der Waals surface area contributed by atoms with Crippen LogP contribution >= 0.6 is 31.9 Å². The van der Waals surface area contributed by atoms with Crippen LogP contribution in [-0.2, 0) is 0 Å². The number of nitrogens with one attached hydrogen (secondary N) is 1. The molecular formula is C15H13Br2F2N. The number of halogens is 4. The van der Waals surface area contributed by atoms with E-state index in [0.717, 1.165) is 14.6 Å². The standard InChI is InChI=1S/C15H13Br2F2N/c1-8-5-14(19)11(7-13(8)18)9(2)20-15-6-10(16)3-4-12(15)17/h3-7,9,20H,1-2H3. The molecule has 0 amide bonds. The number of rotatable bonds is 3. The molecule has 0 saturated carbocycles. The molecule has 1 nitrogen and oxygen atoms in total. The molecule has 0 aliphatic carbocycles. The number of anilines is 1. The van der Waals surface area contributed by atoms with E-state index in [1.807, 2.05) is 18.2 Å². The fourth-order valence-electron chi connectivity index (χ4n) is 1.91. The largest absolute Gasteiger partial charge is 0.377 e. The smallest absolute Gasteiger partial charge is 0.128 e. The van der Waals surface area contributed by atoms with E-state index < -0.39 is 11.6 Å². The molecule has 106 valence electrons. The lowest BCUT2D eigenvalue weighted by Crippen LogP contribution is -2.10. The third kappa shape index (κ3) is 3.38. The molecular weight excluding hydrogens is 392 g/mol. The second-order valence-electron chi connectivity index (χ2n) is 4.61. The molecule has 2 aromatic rings. The molecule has 1 N–H and O–H groups in total. The quantitative estimate of drug-likeness (QED) is 0.664. The highest BCUT2D eigenvalue weighted by molar-refractivity contribution is 9.11. The lowest BCUT2D eigenvalue weighted by molar-refractivity contribution is 0.571. The van der Waals surface area contributed by atoms with E-state index in [4.69, 9.17) is 0 Å². The van der Waals surface area contributed by atoms with Gasteiger partial charge in [-0.3, -0.25) is 0 Å². The van der Waals surface area contributed by atoms with Crippen molar-refractivity contribution in [3.63, 3.8) is 0 Å². The van der Waals surface area contributed by atoms with E-state index in [1.165, 1.54) is 12.1 Å². The Morgan fingerprint density at radius 1 is 1.05 bits per heavy atom. The average molecular weight is 405 g/mol. The Hall–Kier alpha value is -0.940. The van der Waals surface area contributed by atoms with Gasteiger partial charge in [0.1, 0.15) is 11.6 Å². The Morgan fingerprint density at radius 2 is 1.75 bits per heavy atom. The maximum atomic E-state index is 13.9. The second-order valence-corrected chi connectivity index (χ2v) is 6.38. The molecule has 0 fully saturated rings. The van der Waals surface area contributed by atoms with Gasteiger partial charge in [0, 0.05) is 14.5 Å². The molecule has 2 aromatic carbocycles.